The summed E-state index contributed by atoms with van der Waals surface area (Å²) >= 11 is 3.33. The van der Waals surface area contributed by atoms with Crippen molar-refractivity contribution in [3.05, 3.63) is 57.8 Å². The van der Waals surface area contributed by atoms with Gasteiger partial charge in [-0.2, -0.15) is 5.10 Å². The number of phenols is 1. The van der Waals surface area contributed by atoms with E-state index in [1.54, 1.807) is 37.3 Å². The first-order chi connectivity index (χ1) is 9.58. The van der Waals surface area contributed by atoms with Crippen molar-refractivity contribution >= 4 is 28.1 Å². The average molecular weight is 334 g/mol. The number of carbonyl (C=O) groups excluding carboxylic acids is 1. The van der Waals surface area contributed by atoms with Crippen molar-refractivity contribution in [2.75, 3.05) is 0 Å². The SMILES string of the molecule is Cc1cc(Br)cc(/C=N/NC(=O)c2ccccn2)c1O. The van der Waals surface area contributed by atoms with Crippen LogP contribution in [-0.4, -0.2) is 22.2 Å². The summed E-state index contributed by atoms with van der Waals surface area (Å²) in [5, 5.41) is 13.7. The highest BCUT2D eigenvalue weighted by molar-refractivity contribution is 9.10. The number of nitrogens with zero attached hydrogens (tertiary/aromatic N) is 2. The second-order valence-corrected chi connectivity index (χ2v) is 4.99. The molecular formula is C14H12BrN3O2. The number of hydrogen-bond donors (Lipinski definition) is 2. The van der Waals surface area contributed by atoms with Gasteiger partial charge in [0.1, 0.15) is 11.4 Å². The van der Waals surface area contributed by atoms with Crippen LogP contribution in [0.2, 0.25) is 0 Å². The van der Waals surface area contributed by atoms with E-state index in [2.05, 4.69) is 31.4 Å². The lowest BCUT2D eigenvalue weighted by Gasteiger charge is -2.04. The third-order valence-corrected chi connectivity index (χ3v) is 3.02. The summed E-state index contributed by atoms with van der Waals surface area (Å²) in [5.41, 5.74) is 3.86. The Balaban J connectivity index is 2.10. The molecule has 0 fully saturated rings. The summed E-state index contributed by atoms with van der Waals surface area (Å²) in [6, 6.07) is 8.53. The van der Waals surface area contributed by atoms with Gasteiger partial charge in [0, 0.05) is 16.2 Å². The van der Waals surface area contributed by atoms with Gasteiger partial charge in [0.25, 0.3) is 5.91 Å². The summed E-state index contributed by atoms with van der Waals surface area (Å²) < 4.78 is 0.824. The number of phenolic OH excluding ortho intramolecular Hbond substituents is 1. The van der Waals surface area contributed by atoms with E-state index in [1.165, 1.54) is 12.4 Å². The quantitative estimate of drug-likeness (QED) is 0.669. The molecule has 1 heterocycles. The van der Waals surface area contributed by atoms with Crippen LogP contribution >= 0.6 is 15.9 Å². The van der Waals surface area contributed by atoms with Crippen molar-refractivity contribution in [1.29, 1.82) is 0 Å². The zero-order valence-corrected chi connectivity index (χ0v) is 12.3. The summed E-state index contributed by atoms with van der Waals surface area (Å²) in [6.07, 6.45) is 2.91. The van der Waals surface area contributed by atoms with Crippen molar-refractivity contribution < 1.29 is 9.90 Å². The highest BCUT2D eigenvalue weighted by Gasteiger charge is 2.06. The van der Waals surface area contributed by atoms with Crippen molar-refractivity contribution in [1.82, 2.24) is 10.4 Å². The largest absolute Gasteiger partial charge is 0.507 e. The fraction of sp³-hybridized carbons (Fsp3) is 0.0714. The normalized spacial score (nSPS) is 10.7. The molecule has 0 aliphatic rings. The maximum absolute atomic E-state index is 11.7. The van der Waals surface area contributed by atoms with Gasteiger partial charge in [-0.05, 0) is 36.8 Å². The Hall–Kier alpha value is -2.21. The molecule has 102 valence electrons. The fourth-order valence-electron chi connectivity index (χ4n) is 1.57. The molecule has 0 bridgehead atoms. The number of halogens is 1. The van der Waals surface area contributed by atoms with Crippen LogP contribution in [-0.2, 0) is 0 Å². The summed E-state index contributed by atoms with van der Waals surface area (Å²) in [7, 11) is 0. The number of pyridine rings is 1. The fourth-order valence-corrected chi connectivity index (χ4v) is 2.16. The van der Waals surface area contributed by atoms with Crippen LogP contribution in [0.5, 0.6) is 5.75 Å². The van der Waals surface area contributed by atoms with Gasteiger partial charge in [0.2, 0.25) is 0 Å². The Morgan fingerprint density at radius 3 is 2.95 bits per heavy atom. The van der Waals surface area contributed by atoms with E-state index >= 15 is 0 Å². The summed E-state index contributed by atoms with van der Waals surface area (Å²) in [5.74, 6) is -0.280. The van der Waals surface area contributed by atoms with Crippen LogP contribution in [0.3, 0.4) is 0 Å². The molecule has 0 saturated heterocycles. The number of hydrazone groups is 1. The molecule has 0 spiro atoms. The van der Waals surface area contributed by atoms with Crippen LogP contribution in [0.1, 0.15) is 21.6 Å². The first-order valence-corrected chi connectivity index (χ1v) is 6.61. The molecule has 2 rings (SSSR count). The van der Waals surface area contributed by atoms with Gasteiger partial charge in [-0.1, -0.05) is 22.0 Å². The molecule has 6 heteroatoms. The highest BCUT2D eigenvalue weighted by Crippen LogP contribution is 2.25. The molecule has 2 N–H and O–H groups in total. The number of amides is 1. The molecule has 1 amide bonds. The molecule has 0 unspecified atom stereocenters. The number of aryl methyl sites for hydroxylation is 1. The number of hydrogen-bond acceptors (Lipinski definition) is 4. The molecule has 20 heavy (non-hydrogen) atoms. The molecule has 0 saturated carbocycles. The Labute approximate surface area is 124 Å². The molecule has 1 aromatic carbocycles. The lowest BCUT2D eigenvalue weighted by Crippen LogP contribution is -2.18. The van der Waals surface area contributed by atoms with Gasteiger partial charge >= 0.3 is 0 Å². The maximum Gasteiger partial charge on any atom is 0.289 e. The predicted octanol–water partition coefficient (Wildman–Crippen LogP) is 2.62. The molecule has 5 nitrogen and oxygen atoms in total. The second kappa shape index (κ2) is 6.29. The lowest BCUT2D eigenvalue weighted by atomic mass is 10.1. The van der Waals surface area contributed by atoms with Gasteiger partial charge in [0.15, 0.2) is 0 Å². The van der Waals surface area contributed by atoms with E-state index in [0.29, 0.717) is 5.56 Å². The van der Waals surface area contributed by atoms with E-state index in [4.69, 9.17) is 0 Å². The first-order valence-electron chi connectivity index (χ1n) is 5.81. The molecule has 0 radical (unpaired) electrons. The van der Waals surface area contributed by atoms with Gasteiger partial charge in [-0.25, -0.2) is 5.43 Å². The van der Waals surface area contributed by atoms with Crippen LogP contribution in [0.25, 0.3) is 0 Å². The number of benzene rings is 1. The number of aromatic hydroxyl groups is 1. The molecule has 0 atom stereocenters. The Morgan fingerprint density at radius 2 is 2.25 bits per heavy atom. The van der Waals surface area contributed by atoms with Gasteiger partial charge in [0.05, 0.1) is 6.21 Å². The summed E-state index contributed by atoms with van der Waals surface area (Å²) in [6.45, 7) is 1.78. The predicted molar refractivity (Wildman–Crippen MR) is 79.8 cm³/mol. The van der Waals surface area contributed by atoms with Gasteiger partial charge < -0.3 is 5.11 Å². The third-order valence-electron chi connectivity index (χ3n) is 2.56. The molecule has 2 aromatic rings. The van der Waals surface area contributed by atoms with Crippen molar-refractivity contribution in [2.45, 2.75) is 6.92 Å². The monoisotopic (exact) mass is 333 g/mol. The van der Waals surface area contributed by atoms with Crippen LogP contribution in [0.15, 0.2) is 46.1 Å². The first kappa shape index (κ1) is 14.2. The van der Waals surface area contributed by atoms with Crippen LogP contribution in [0.4, 0.5) is 0 Å². The molecule has 0 aliphatic heterocycles. The third kappa shape index (κ3) is 3.42. The van der Waals surface area contributed by atoms with Gasteiger partial charge in [-0.3, -0.25) is 9.78 Å². The highest BCUT2D eigenvalue weighted by atomic mass is 79.9. The molecular weight excluding hydrogens is 322 g/mol. The van der Waals surface area contributed by atoms with Crippen LogP contribution in [0, 0.1) is 6.92 Å². The standard InChI is InChI=1S/C14H12BrN3O2/c1-9-6-11(15)7-10(13(9)19)8-17-18-14(20)12-4-2-3-5-16-12/h2-8,19H,1H3,(H,18,20)/b17-8+. The number of carbonyl (C=O) groups is 1. The topological polar surface area (TPSA) is 74.6 Å². The minimum atomic E-state index is -0.409. The lowest BCUT2D eigenvalue weighted by molar-refractivity contribution is 0.0950. The minimum Gasteiger partial charge on any atom is -0.507 e. The second-order valence-electron chi connectivity index (χ2n) is 4.07. The zero-order chi connectivity index (χ0) is 14.5. The van der Waals surface area contributed by atoms with Gasteiger partial charge in [-0.15, -0.1) is 0 Å². The molecule has 1 aromatic heterocycles. The van der Waals surface area contributed by atoms with E-state index in [0.717, 1.165) is 10.0 Å². The Kier molecular flexibility index (Phi) is 4.47. The van der Waals surface area contributed by atoms with Crippen molar-refractivity contribution in [2.24, 2.45) is 5.10 Å². The molecule has 0 aliphatic carbocycles. The minimum absolute atomic E-state index is 0.129. The smallest absolute Gasteiger partial charge is 0.289 e. The Morgan fingerprint density at radius 1 is 1.45 bits per heavy atom. The van der Waals surface area contributed by atoms with Crippen molar-refractivity contribution in [3.8, 4) is 5.75 Å². The summed E-state index contributed by atoms with van der Waals surface area (Å²) in [4.78, 5) is 15.6. The van der Waals surface area contributed by atoms with E-state index in [1.807, 2.05) is 0 Å². The van der Waals surface area contributed by atoms with Crippen molar-refractivity contribution in [3.63, 3.8) is 0 Å². The van der Waals surface area contributed by atoms with Crippen LogP contribution < -0.4 is 5.43 Å². The maximum atomic E-state index is 11.7. The number of aromatic nitrogens is 1. The van der Waals surface area contributed by atoms with E-state index in [-0.39, 0.29) is 11.4 Å². The van der Waals surface area contributed by atoms with E-state index < -0.39 is 5.91 Å². The van der Waals surface area contributed by atoms with E-state index in [9.17, 15) is 9.90 Å². The number of nitrogens with one attached hydrogen (secondary N) is 1. The average Bonchev–Trinajstić information content (AvgIpc) is 2.44. The Bertz CT molecular complexity index is 657. The zero-order valence-electron chi connectivity index (χ0n) is 10.7. The number of rotatable bonds is 3.